The van der Waals surface area contributed by atoms with E-state index in [1.807, 2.05) is 54.6 Å². The van der Waals surface area contributed by atoms with Crippen molar-refractivity contribution in [3.63, 3.8) is 0 Å². The second-order valence-corrected chi connectivity index (χ2v) is 8.02. The first-order valence-corrected chi connectivity index (χ1v) is 10.6. The fourth-order valence-electron chi connectivity index (χ4n) is 3.38. The van der Waals surface area contributed by atoms with Crippen molar-refractivity contribution < 1.29 is 14.3 Å². The monoisotopic (exact) mass is 430 g/mol. The van der Waals surface area contributed by atoms with Gasteiger partial charge in [-0.05, 0) is 48.5 Å². The highest BCUT2D eigenvalue weighted by molar-refractivity contribution is 7.22. The number of hydrogen-bond donors (Lipinski definition) is 2. The Kier molecular flexibility index (Phi) is 5.07. The number of hydrazine groups is 1. The van der Waals surface area contributed by atoms with E-state index in [9.17, 15) is 9.59 Å². The molecule has 154 valence electrons. The summed E-state index contributed by atoms with van der Waals surface area (Å²) in [5, 5.41) is 0.641. The summed E-state index contributed by atoms with van der Waals surface area (Å²) in [5.41, 5.74) is 7.31. The maximum atomic E-state index is 12.8. The number of rotatable bonds is 6. The van der Waals surface area contributed by atoms with Crippen LogP contribution < -0.4 is 20.5 Å². The maximum Gasteiger partial charge on any atom is 0.253 e. The Bertz CT molecular complexity index is 1210. The number of carbonyl (C=O) groups is 2. The summed E-state index contributed by atoms with van der Waals surface area (Å²) < 4.78 is 6.81. The molecular formula is C23H18N4O3S. The van der Waals surface area contributed by atoms with Gasteiger partial charge in [0, 0.05) is 0 Å². The molecule has 1 saturated heterocycles. The average Bonchev–Trinajstić information content (AvgIpc) is 3.33. The zero-order chi connectivity index (χ0) is 21.2. The zero-order valence-corrected chi connectivity index (χ0v) is 17.1. The number of carbonyl (C=O) groups excluding carboxylic acids is 2. The number of thiazole rings is 1. The van der Waals surface area contributed by atoms with Crippen LogP contribution in [0.4, 0.5) is 10.8 Å². The molecule has 1 unspecified atom stereocenters. The lowest BCUT2D eigenvalue weighted by atomic mass is 10.2. The molecule has 0 saturated carbocycles. The highest BCUT2D eigenvalue weighted by atomic mass is 32.1. The van der Waals surface area contributed by atoms with E-state index in [1.165, 1.54) is 16.2 Å². The molecular weight excluding hydrogens is 412 g/mol. The summed E-state index contributed by atoms with van der Waals surface area (Å²) in [6.07, 6.45) is 0.0684. The predicted octanol–water partition coefficient (Wildman–Crippen LogP) is 4.34. The number of ether oxygens (including phenoxy) is 1. The number of hydrogen-bond acceptors (Lipinski definition) is 7. The number of amides is 2. The predicted molar refractivity (Wildman–Crippen MR) is 120 cm³/mol. The van der Waals surface area contributed by atoms with Crippen molar-refractivity contribution >= 4 is 44.2 Å². The normalized spacial score (nSPS) is 16.1. The van der Waals surface area contributed by atoms with E-state index < -0.39 is 6.04 Å². The number of anilines is 2. The number of para-hydroxylation sites is 2. The molecule has 31 heavy (non-hydrogen) atoms. The first kappa shape index (κ1) is 19.2. The molecule has 2 amide bonds. The summed E-state index contributed by atoms with van der Waals surface area (Å²) in [5.74, 6) is 0.774. The second kappa shape index (κ2) is 8.17. The summed E-state index contributed by atoms with van der Waals surface area (Å²) in [7, 11) is 0. The van der Waals surface area contributed by atoms with Crippen LogP contribution in [0.15, 0.2) is 78.9 Å². The second-order valence-electron chi connectivity index (χ2n) is 6.99. The molecule has 0 radical (unpaired) electrons. The standard InChI is InChI=1S/C23H18N4O3S/c28-21-14-19(25-26-23-24-18-8-4-5-9-20(18)31-23)22(29)27(21)15-10-12-17(13-11-15)30-16-6-2-1-3-7-16/h1-13,19,25H,14H2,(H,24,26). The minimum atomic E-state index is -0.667. The van der Waals surface area contributed by atoms with Gasteiger partial charge in [0.15, 0.2) is 5.13 Å². The van der Waals surface area contributed by atoms with Crippen LogP contribution >= 0.6 is 11.3 Å². The third-order valence-electron chi connectivity index (χ3n) is 4.87. The van der Waals surface area contributed by atoms with Crippen molar-refractivity contribution in [3.05, 3.63) is 78.9 Å². The van der Waals surface area contributed by atoms with E-state index >= 15 is 0 Å². The summed E-state index contributed by atoms with van der Waals surface area (Å²) in [4.78, 5) is 31.0. The van der Waals surface area contributed by atoms with Crippen molar-refractivity contribution in [1.82, 2.24) is 10.4 Å². The molecule has 1 aliphatic rings. The molecule has 0 aliphatic carbocycles. The van der Waals surface area contributed by atoms with Gasteiger partial charge in [0.2, 0.25) is 5.91 Å². The van der Waals surface area contributed by atoms with E-state index in [2.05, 4.69) is 15.8 Å². The van der Waals surface area contributed by atoms with Crippen LogP contribution in [0.5, 0.6) is 11.5 Å². The summed E-state index contributed by atoms with van der Waals surface area (Å²) in [6, 6.07) is 23.4. The SMILES string of the molecule is O=C1CC(NNc2nc3ccccc3s2)C(=O)N1c1ccc(Oc2ccccc2)cc1. The van der Waals surface area contributed by atoms with Gasteiger partial charge in [0.25, 0.3) is 5.91 Å². The van der Waals surface area contributed by atoms with Gasteiger partial charge >= 0.3 is 0 Å². The number of nitrogens with zero attached hydrogens (tertiary/aromatic N) is 2. The van der Waals surface area contributed by atoms with Gasteiger partial charge in [0.1, 0.15) is 17.5 Å². The number of fused-ring (bicyclic) bond motifs is 1. The minimum Gasteiger partial charge on any atom is -0.457 e. The Labute approximate surface area is 182 Å². The lowest BCUT2D eigenvalue weighted by Gasteiger charge is -2.16. The zero-order valence-electron chi connectivity index (χ0n) is 16.3. The topological polar surface area (TPSA) is 83.6 Å². The number of benzene rings is 3. The molecule has 5 rings (SSSR count). The van der Waals surface area contributed by atoms with Gasteiger partial charge in [-0.15, -0.1) is 0 Å². The summed E-state index contributed by atoms with van der Waals surface area (Å²) >= 11 is 1.47. The molecule has 1 aliphatic heterocycles. The maximum absolute atomic E-state index is 12.8. The number of imide groups is 1. The molecule has 1 atom stereocenters. The average molecular weight is 430 g/mol. The Balaban J connectivity index is 1.25. The van der Waals surface area contributed by atoms with Gasteiger partial charge in [-0.25, -0.2) is 15.3 Å². The minimum absolute atomic E-state index is 0.0684. The van der Waals surface area contributed by atoms with Gasteiger partial charge in [-0.3, -0.25) is 15.0 Å². The highest BCUT2D eigenvalue weighted by Crippen LogP contribution is 2.28. The highest BCUT2D eigenvalue weighted by Gasteiger charge is 2.39. The fraction of sp³-hybridized carbons (Fsp3) is 0.0870. The molecule has 2 heterocycles. The van der Waals surface area contributed by atoms with Crippen LogP contribution in [0.2, 0.25) is 0 Å². The quantitative estimate of drug-likeness (QED) is 0.350. The molecule has 0 bridgehead atoms. The largest absolute Gasteiger partial charge is 0.457 e. The molecule has 1 aromatic heterocycles. The molecule has 0 spiro atoms. The Morgan fingerprint density at radius 2 is 1.61 bits per heavy atom. The van der Waals surface area contributed by atoms with Crippen molar-refractivity contribution in [2.24, 2.45) is 0 Å². The lowest BCUT2D eigenvalue weighted by Crippen LogP contribution is -2.41. The molecule has 4 aromatic rings. The fourth-order valence-corrected chi connectivity index (χ4v) is 4.21. The van der Waals surface area contributed by atoms with Crippen LogP contribution in [0.25, 0.3) is 10.2 Å². The van der Waals surface area contributed by atoms with Gasteiger partial charge in [-0.2, -0.15) is 0 Å². The van der Waals surface area contributed by atoms with Gasteiger partial charge in [-0.1, -0.05) is 41.7 Å². The van der Waals surface area contributed by atoms with Crippen molar-refractivity contribution in [2.45, 2.75) is 12.5 Å². The number of nitrogens with one attached hydrogen (secondary N) is 2. The third kappa shape index (κ3) is 3.98. The van der Waals surface area contributed by atoms with E-state index in [4.69, 9.17) is 4.74 Å². The first-order chi connectivity index (χ1) is 15.2. The Hall–Kier alpha value is -3.75. The van der Waals surface area contributed by atoms with Crippen LogP contribution in [0.1, 0.15) is 6.42 Å². The van der Waals surface area contributed by atoms with E-state index in [0.29, 0.717) is 22.3 Å². The lowest BCUT2D eigenvalue weighted by molar-refractivity contribution is -0.121. The Morgan fingerprint density at radius 1 is 0.903 bits per heavy atom. The van der Waals surface area contributed by atoms with Crippen molar-refractivity contribution in [1.29, 1.82) is 0 Å². The van der Waals surface area contributed by atoms with Crippen LogP contribution in [0, 0.1) is 0 Å². The van der Waals surface area contributed by atoms with Crippen LogP contribution in [-0.2, 0) is 9.59 Å². The van der Waals surface area contributed by atoms with Crippen LogP contribution in [0.3, 0.4) is 0 Å². The summed E-state index contributed by atoms with van der Waals surface area (Å²) in [6.45, 7) is 0. The van der Waals surface area contributed by atoms with Gasteiger partial charge in [0.05, 0.1) is 22.3 Å². The Morgan fingerprint density at radius 3 is 2.39 bits per heavy atom. The molecule has 1 fully saturated rings. The van der Waals surface area contributed by atoms with Gasteiger partial charge < -0.3 is 4.74 Å². The van der Waals surface area contributed by atoms with Crippen molar-refractivity contribution in [3.8, 4) is 11.5 Å². The van der Waals surface area contributed by atoms with Crippen LogP contribution in [-0.4, -0.2) is 22.8 Å². The molecule has 7 nitrogen and oxygen atoms in total. The molecule has 2 N–H and O–H groups in total. The van der Waals surface area contributed by atoms with E-state index in [1.54, 1.807) is 24.3 Å². The third-order valence-corrected chi connectivity index (χ3v) is 5.82. The van der Waals surface area contributed by atoms with E-state index in [0.717, 1.165) is 10.2 Å². The van der Waals surface area contributed by atoms with E-state index in [-0.39, 0.29) is 18.2 Å². The first-order valence-electron chi connectivity index (χ1n) is 9.74. The molecule has 8 heteroatoms. The smallest absolute Gasteiger partial charge is 0.253 e. The molecule has 3 aromatic carbocycles. The van der Waals surface area contributed by atoms with Crippen molar-refractivity contribution in [2.75, 3.05) is 10.3 Å². The number of aromatic nitrogens is 1.